The lowest BCUT2D eigenvalue weighted by Crippen LogP contribution is -2.46. The first-order valence-electron chi connectivity index (χ1n) is 4.35. The third kappa shape index (κ3) is 1.22. The van der Waals surface area contributed by atoms with E-state index in [1.165, 1.54) is 6.07 Å². The van der Waals surface area contributed by atoms with E-state index in [0.29, 0.717) is 30.6 Å². The average molecular weight is 216 g/mol. The largest absolute Gasteiger partial charge is 0.480 e. The van der Waals surface area contributed by atoms with Crippen molar-refractivity contribution in [2.24, 2.45) is 5.73 Å². The Hall–Kier alpha value is -1.00. The minimum atomic E-state index is -1.33. The minimum absolute atomic E-state index is 0.202. The van der Waals surface area contributed by atoms with Crippen molar-refractivity contribution in [1.29, 1.82) is 0 Å². The molecular weight excluding hydrogens is 206 g/mol. The number of carbonyl (C=O) groups is 1. The zero-order valence-electron chi connectivity index (χ0n) is 7.42. The summed E-state index contributed by atoms with van der Waals surface area (Å²) in [5.41, 5.74) is 4.99. The van der Waals surface area contributed by atoms with Gasteiger partial charge in [-0.1, -0.05) is 0 Å². The van der Waals surface area contributed by atoms with E-state index >= 15 is 0 Å². The standard InChI is InChI=1S/C9H10ClNO3/c10-7-4-5-6(14-7)2-1-3-9(5,11)8(12)13/h4H,1-3,11H2,(H,12,13). The first-order chi connectivity index (χ1) is 6.54. The van der Waals surface area contributed by atoms with Crippen LogP contribution in [-0.4, -0.2) is 11.1 Å². The molecular formula is C9H10ClNO3. The molecule has 1 unspecified atom stereocenters. The number of furan rings is 1. The number of hydrogen-bond donors (Lipinski definition) is 2. The van der Waals surface area contributed by atoms with Gasteiger partial charge in [-0.3, -0.25) is 0 Å². The Bertz CT molecular complexity index is 387. The average Bonchev–Trinajstić information content (AvgIpc) is 2.47. The highest BCUT2D eigenvalue weighted by Crippen LogP contribution is 2.36. The van der Waals surface area contributed by atoms with E-state index in [2.05, 4.69) is 0 Å². The topological polar surface area (TPSA) is 76.5 Å². The molecule has 3 N–H and O–H groups in total. The lowest BCUT2D eigenvalue weighted by Gasteiger charge is -2.28. The zero-order valence-corrected chi connectivity index (χ0v) is 8.17. The molecule has 0 spiro atoms. The maximum Gasteiger partial charge on any atom is 0.328 e. The number of aryl methyl sites for hydroxylation is 1. The maximum absolute atomic E-state index is 11.0. The molecule has 14 heavy (non-hydrogen) atoms. The molecule has 4 nitrogen and oxygen atoms in total. The van der Waals surface area contributed by atoms with Gasteiger partial charge in [0, 0.05) is 18.1 Å². The van der Waals surface area contributed by atoms with Gasteiger partial charge in [-0.2, -0.15) is 0 Å². The van der Waals surface area contributed by atoms with Crippen molar-refractivity contribution in [2.75, 3.05) is 0 Å². The number of hydrogen-bond acceptors (Lipinski definition) is 3. The van der Waals surface area contributed by atoms with Crippen LogP contribution in [0.2, 0.25) is 5.22 Å². The summed E-state index contributed by atoms with van der Waals surface area (Å²) in [5.74, 6) is -0.429. The maximum atomic E-state index is 11.0. The molecule has 0 aromatic carbocycles. The van der Waals surface area contributed by atoms with E-state index < -0.39 is 11.5 Å². The number of halogens is 1. The first-order valence-corrected chi connectivity index (χ1v) is 4.73. The zero-order chi connectivity index (χ0) is 10.3. The van der Waals surface area contributed by atoms with Gasteiger partial charge in [0.05, 0.1) is 0 Å². The molecule has 76 valence electrons. The third-order valence-electron chi connectivity index (χ3n) is 2.62. The fourth-order valence-corrected chi connectivity index (χ4v) is 2.05. The molecule has 0 saturated carbocycles. The monoisotopic (exact) mass is 215 g/mol. The van der Waals surface area contributed by atoms with Crippen molar-refractivity contribution in [3.8, 4) is 0 Å². The highest BCUT2D eigenvalue weighted by molar-refractivity contribution is 6.29. The second-order valence-corrected chi connectivity index (χ2v) is 3.89. The van der Waals surface area contributed by atoms with Crippen LogP contribution in [-0.2, 0) is 16.8 Å². The molecule has 0 fully saturated rings. The molecule has 1 atom stereocenters. The van der Waals surface area contributed by atoms with E-state index in [4.69, 9.17) is 26.9 Å². The summed E-state index contributed by atoms with van der Waals surface area (Å²) in [4.78, 5) is 11.0. The number of nitrogens with two attached hydrogens (primary N) is 1. The van der Waals surface area contributed by atoms with Crippen molar-refractivity contribution in [1.82, 2.24) is 0 Å². The van der Waals surface area contributed by atoms with Crippen LogP contribution >= 0.6 is 11.6 Å². The van der Waals surface area contributed by atoms with Gasteiger partial charge in [0.15, 0.2) is 5.22 Å². The lowest BCUT2D eigenvalue weighted by atomic mass is 9.81. The van der Waals surface area contributed by atoms with Crippen LogP contribution in [0.15, 0.2) is 10.5 Å². The van der Waals surface area contributed by atoms with Gasteiger partial charge in [0.2, 0.25) is 0 Å². The molecule has 2 rings (SSSR count). The summed E-state index contributed by atoms with van der Waals surface area (Å²) in [5, 5.41) is 9.25. The fraction of sp³-hybridized carbons (Fsp3) is 0.444. The highest BCUT2D eigenvalue weighted by Gasteiger charge is 2.42. The third-order valence-corrected chi connectivity index (χ3v) is 2.80. The van der Waals surface area contributed by atoms with Crippen molar-refractivity contribution in [2.45, 2.75) is 24.8 Å². The van der Waals surface area contributed by atoms with Crippen LogP contribution in [0.4, 0.5) is 0 Å². The normalized spacial score (nSPS) is 25.9. The number of carboxylic acids is 1. The van der Waals surface area contributed by atoms with Crippen LogP contribution in [0.1, 0.15) is 24.2 Å². The molecule has 5 heteroatoms. The van der Waals surface area contributed by atoms with Gasteiger partial charge in [-0.15, -0.1) is 0 Å². The van der Waals surface area contributed by atoms with Crippen LogP contribution in [0.25, 0.3) is 0 Å². The fourth-order valence-electron chi connectivity index (χ4n) is 1.84. The molecule has 1 aromatic heterocycles. The summed E-state index contributed by atoms with van der Waals surface area (Å²) < 4.78 is 5.17. The second-order valence-electron chi connectivity index (χ2n) is 3.52. The first kappa shape index (κ1) is 9.55. The van der Waals surface area contributed by atoms with Gasteiger partial charge in [0.25, 0.3) is 0 Å². The number of aliphatic carboxylic acids is 1. The number of fused-ring (bicyclic) bond motifs is 1. The quantitative estimate of drug-likeness (QED) is 0.745. The molecule has 0 amide bonds. The van der Waals surface area contributed by atoms with E-state index in [-0.39, 0.29) is 5.22 Å². The predicted octanol–water partition coefficient (Wildman–Crippen LogP) is 1.51. The number of rotatable bonds is 1. The Kier molecular flexibility index (Phi) is 2.05. The summed E-state index contributed by atoms with van der Waals surface area (Å²) in [6.07, 6.45) is 1.83. The lowest BCUT2D eigenvalue weighted by molar-refractivity contribution is -0.144. The van der Waals surface area contributed by atoms with E-state index in [9.17, 15) is 4.79 Å². The van der Waals surface area contributed by atoms with Crippen LogP contribution < -0.4 is 5.73 Å². The Balaban J connectivity index is 2.54. The SMILES string of the molecule is NC1(C(=O)O)CCCc2oc(Cl)cc21. The van der Waals surface area contributed by atoms with Crippen LogP contribution in [0.5, 0.6) is 0 Å². The molecule has 0 radical (unpaired) electrons. The highest BCUT2D eigenvalue weighted by atomic mass is 35.5. The summed E-state index contributed by atoms with van der Waals surface area (Å²) in [6, 6.07) is 1.50. The van der Waals surface area contributed by atoms with Gasteiger partial charge in [0.1, 0.15) is 11.3 Å². The van der Waals surface area contributed by atoms with Crippen molar-refractivity contribution in [3.63, 3.8) is 0 Å². The van der Waals surface area contributed by atoms with Gasteiger partial charge in [-0.05, 0) is 24.4 Å². The molecule has 0 saturated heterocycles. The molecule has 1 heterocycles. The van der Waals surface area contributed by atoms with Crippen LogP contribution in [0, 0.1) is 0 Å². The molecule has 0 bridgehead atoms. The van der Waals surface area contributed by atoms with Gasteiger partial charge in [-0.25, -0.2) is 4.79 Å². The van der Waals surface area contributed by atoms with E-state index in [1.807, 2.05) is 0 Å². The molecule has 1 aromatic rings. The Morgan fingerprint density at radius 2 is 2.43 bits per heavy atom. The van der Waals surface area contributed by atoms with E-state index in [1.54, 1.807) is 0 Å². The van der Waals surface area contributed by atoms with Crippen molar-refractivity contribution >= 4 is 17.6 Å². The van der Waals surface area contributed by atoms with Crippen molar-refractivity contribution in [3.05, 3.63) is 22.6 Å². The summed E-state index contributed by atoms with van der Waals surface area (Å²) in [6.45, 7) is 0. The van der Waals surface area contributed by atoms with Gasteiger partial charge < -0.3 is 15.3 Å². The Morgan fingerprint density at radius 3 is 3.07 bits per heavy atom. The second kappa shape index (κ2) is 3.00. The predicted molar refractivity (Wildman–Crippen MR) is 50.2 cm³/mol. The number of carboxylic acid groups (broad SMARTS) is 1. The molecule has 0 aliphatic heterocycles. The van der Waals surface area contributed by atoms with Gasteiger partial charge >= 0.3 is 5.97 Å². The van der Waals surface area contributed by atoms with Crippen molar-refractivity contribution < 1.29 is 14.3 Å². The summed E-state index contributed by atoms with van der Waals surface area (Å²) >= 11 is 5.67. The molecule has 1 aliphatic carbocycles. The van der Waals surface area contributed by atoms with Crippen LogP contribution in [0.3, 0.4) is 0 Å². The summed E-state index contributed by atoms with van der Waals surface area (Å²) in [7, 11) is 0. The van der Waals surface area contributed by atoms with E-state index in [0.717, 1.165) is 0 Å². The Labute approximate surface area is 85.6 Å². The molecule has 1 aliphatic rings. The minimum Gasteiger partial charge on any atom is -0.480 e. The Morgan fingerprint density at radius 1 is 1.71 bits per heavy atom. The smallest absolute Gasteiger partial charge is 0.328 e.